The fraction of sp³-hybridized carbons (Fsp3) is 0.333. The van der Waals surface area contributed by atoms with Gasteiger partial charge in [0.2, 0.25) is 5.89 Å². The maximum atomic E-state index is 5.62. The van der Waals surface area contributed by atoms with Gasteiger partial charge in [-0.2, -0.15) is 0 Å². The summed E-state index contributed by atoms with van der Waals surface area (Å²) in [6, 6.07) is 5.85. The van der Waals surface area contributed by atoms with Crippen LogP contribution in [0.2, 0.25) is 0 Å². The molecule has 0 saturated carbocycles. The number of hydrogen-bond donors (Lipinski definition) is 0. The lowest BCUT2D eigenvalue weighted by atomic mass is 10.2. The second-order valence-corrected chi connectivity index (χ2v) is 4.56. The van der Waals surface area contributed by atoms with Crippen molar-refractivity contribution in [2.45, 2.75) is 26.9 Å². The third-order valence-corrected chi connectivity index (χ3v) is 2.79. The molecule has 0 atom stereocenters. The fourth-order valence-electron chi connectivity index (χ4n) is 1.40. The number of benzene rings is 1. The summed E-state index contributed by atoms with van der Waals surface area (Å²) in [5.41, 5.74) is 1.06. The van der Waals surface area contributed by atoms with Gasteiger partial charge in [-0.25, -0.2) is 0 Å². The van der Waals surface area contributed by atoms with E-state index in [1.807, 2.05) is 32.0 Å². The van der Waals surface area contributed by atoms with Crippen LogP contribution >= 0.6 is 15.9 Å². The SMILES string of the molecule is CCc1nnc(COc2ccc(Br)cc2C)o1. The van der Waals surface area contributed by atoms with Crippen LogP contribution in [0.1, 0.15) is 24.3 Å². The molecule has 0 bridgehead atoms. The molecule has 0 amide bonds. The Morgan fingerprint density at radius 2 is 2.06 bits per heavy atom. The van der Waals surface area contributed by atoms with E-state index in [1.165, 1.54) is 0 Å². The Kier molecular flexibility index (Phi) is 3.78. The van der Waals surface area contributed by atoms with Crippen LogP contribution in [-0.2, 0) is 13.0 Å². The maximum absolute atomic E-state index is 5.62. The standard InChI is InChI=1S/C12H13BrN2O2/c1-3-11-14-15-12(17-11)7-16-10-5-4-9(13)6-8(10)2/h4-6H,3,7H2,1-2H3. The van der Waals surface area contributed by atoms with Crippen molar-refractivity contribution in [1.29, 1.82) is 0 Å². The summed E-state index contributed by atoms with van der Waals surface area (Å²) in [6.45, 7) is 4.26. The van der Waals surface area contributed by atoms with E-state index in [1.54, 1.807) is 0 Å². The molecule has 0 aliphatic heterocycles. The van der Waals surface area contributed by atoms with E-state index in [4.69, 9.17) is 9.15 Å². The molecule has 0 fully saturated rings. The zero-order chi connectivity index (χ0) is 12.3. The summed E-state index contributed by atoms with van der Waals surface area (Å²) in [6.07, 6.45) is 0.740. The van der Waals surface area contributed by atoms with E-state index in [9.17, 15) is 0 Å². The van der Waals surface area contributed by atoms with Crippen molar-refractivity contribution in [3.8, 4) is 5.75 Å². The molecule has 0 unspecified atom stereocenters. The molecule has 0 aliphatic rings. The van der Waals surface area contributed by atoms with Crippen LogP contribution in [0, 0.1) is 6.92 Å². The molecular formula is C12H13BrN2O2. The lowest BCUT2D eigenvalue weighted by Gasteiger charge is -2.06. The Bertz CT molecular complexity index is 511. The highest BCUT2D eigenvalue weighted by Crippen LogP contribution is 2.22. The van der Waals surface area contributed by atoms with Crippen LogP contribution in [0.15, 0.2) is 27.1 Å². The lowest BCUT2D eigenvalue weighted by Crippen LogP contribution is -1.97. The normalized spacial score (nSPS) is 10.5. The van der Waals surface area contributed by atoms with Crippen molar-refractivity contribution in [2.75, 3.05) is 0 Å². The predicted octanol–water partition coefficient (Wildman–Crippen LogP) is 3.28. The molecular weight excluding hydrogens is 284 g/mol. The van der Waals surface area contributed by atoms with Crippen LogP contribution in [0.5, 0.6) is 5.75 Å². The molecule has 90 valence electrons. The number of aromatic nitrogens is 2. The van der Waals surface area contributed by atoms with Gasteiger partial charge in [0.05, 0.1) is 0 Å². The second kappa shape index (κ2) is 5.31. The molecule has 0 spiro atoms. The minimum absolute atomic E-state index is 0.301. The Hall–Kier alpha value is -1.36. The first kappa shape index (κ1) is 12.1. The van der Waals surface area contributed by atoms with Gasteiger partial charge in [0.15, 0.2) is 6.61 Å². The molecule has 0 N–H and O–H groups in total. The van der Waals surface area contributed by atoms with Crippen LogP contribution in [0.25, 0.3) is 0 Å². The third kappa shape index (κ3) is 3.06. The lowest BCUT2D eigenvalue weighted by molar-refractivity contribution is 0.257. The average Bonchev–Trinajstić information content (AvgIpc) is 2.76. The number of hydrogen-bond acceptors (Lipinski definition) is 4. The fourth-order valence-corrected chi connectivity index (χ4v) is 1.88. The summed E-state index contributed by atoms with van der Waals surface area (Å²) < 4.78 is 12.0. The molecule has 1 aromatic carbocycles. The highest BCUT2D eigenvalue weighted by molar-refractivity contribution is 9.10. The Morgan fingerprint density at radius 3 is 2.71 bits per heavy atom. The zero-order valence-corrected chi connectivity index (χ0v) is 11.3. The monoisotopic (exact) mass is 296 g/mol. The highest BCUT2D eigenvalue weighted by atomic mass is 79.9. The van der Waals surface area contributed by atoms with Crippen molar-refractivity contribution in [3.63, 3.8) is 0 Å². The molecule has 1 heterocycles. The third-order valence-electron chi connectivity index (χ3n) is 2.30. The van der Waals surface area contributed by atoms with Gasteiger partial charge >= 0.3 is 0 Å². The molecule has 2 rings (SSSR count). The number of halogens is 1. The van der Waals surface area contributed by atoms with Gasteiger partial charge in [0.25, 0.3) is 5.89 Å². The van der Waals surface area contributed by atoms with Gasteiger partial charge < -0.3 is 9.15 Å². The molecule has 4 nitrogen and oxygen atoms in total. The van der Waals surface area contributed by atoms with Crippen molar-refractivity contribution >= 4 is 15.9 Å². The molecule has 2 aromatic rings. The molecule has 5 heteroatoms. The van der Waals surface area contributed by atoms with Crippen LogP contribution in [-0.4, -0.2) is 10.2 Å². The number of rotatable bonds is 4. The first-order valence-corrected chi connectivity index (χ1v) is 6.18. The first-order valence-electron chi connectivity index (χ1n) is 5.39. The van der Waals surface area contributed by atoms with Gasteiger partial charge in [0.1, 0.15) is 5.75 Å². The van der Waals surface area contributed by atoms with Crippen molar-refractivity contribution in [1.82, 2.24) is 10.2 Å². The van der Waals surface area contributed by atoms with Crippen LogP contribution in [0.4, 0.5) is 0 Å². The molecule has 17 heavy (non-hydrogen) atoms. The Labute approximate surface area is 108 Å². The number of aryl methyl sites for hydroxylation is 2. The Balaban J connectivity index is 2.02. The minimum Gasteiger partial charge on any atom is -0.484 e. The van der Waals surface area contributed by atoms with Crippen molar-refractivity contribution in [2.24, 2.45) is 0 Å². The summed E-state index contributed by atoms with van der Waals surface area (Å²) in [4.78, 5) is 0. The average molecular weight is 297 g/mol. The van der Waals surface area contributed by atoms with E-state index < -0.39 is 0 Å². The Morgan fingerprint density at radius 1 is 1.29 bits per heavy atom. The van der Waals surface area contributed by atoms with Gasteiger partial charge in [-0.1, -0.05) is 22.9 Å². The summed E-state index contributed by atoms with van der Waals surface area (Å²) >= 11 is 3.41. The van der Waals surface area contributed by atoms with Crippen molar-refractivity contribution < 1.29 is 9.15 Å². The topological polar surface area (TPSA) is 48.2 Å². The van der Waals surface area contributed by atoms with E-state index in [-0.39, 0.29) is 0 Å². The minimum atomic E-state index is 0.301. The first-order chi connectivity index (χ1) is 8.19. The highest BCUT2D eigenvalue weighted by Gasteiger charge is 2.06. The van der Waals surface area contributed by atoms with E-state index in [0.717, 1.165) is 22.2 Å². The summed E-state index contributed by atoms with van der Waals surface area (Å²) in [5.74, 6) is 1.96. The molecule has 0 saturated heterocycles. The zero-order valence-electron chi connectivity index (χ0n) is 9.74. The van der Waals surface area contributed by atoms with Gasteiger partial charge in [-0.15, -0.1) is 10.2 Å². The van der Waals surface area contributed by atoms with Crippen LogP contribution < -0.4 is 4.74 Å². The van der Waals surface area contributed by atoms with Gasteiger partial charge in [0, 0.05) is 10.9 Å². The quantitative estimate of drug-likeness (QED) is 0.869. The molecule has 0 radical (unpaired) electrons. The summed E-state index contributed by atoms with van der Waals surface area (Å²) in [7, 11) is 0. The predicted molar refractivity (Wildman–Crippen MR) is 66.9 cm³/mol. The maximum Gasteiger partial charge on any atom is 0.253 e. The largest absolute Gasteiger partial charge is 0.484 e. The number of nitrogens with zero attached hydrogens (tertiary/aromatic N) is 2. The van der Waals surface area contributed by atoms with E-state index in [0.29, 0.717) is 18.4 Å². The number of ether oxygens (including phenoxy) is 1. The van der Waals surface area contributed by atoms with Crippen LogP contribution in [0.3, 0.4) is 0 Å². The van der Waals surface area contributed by atoms with Gasteiger partial charge in [-0.05, 0) is 30.7 Å². The van der Waals surface area contributed by atoms with E-state index in [2.05, 4.69) is 26.1 Å². The molecule has 0 aliphatic carbocycles. The van der Waals surface area contributed by atoms with E-state index >= 15 is 0 Å². The second-order valence-electron chi connectivity index (χ2n) is 3.64. The summed E-state index contributed by atoms with van der Waals surface area (Å²) in [5, 5.41) is 7.78. The smallest absolute Gasteiger partial charge is 0.253 e. The van der Waals surface area contributed by atoms with Gasteiger partial charge in [-0.3, -0.25) is 0 Å². The van der Waals surface area contributed by atoms with Crippen molar-refractivity contribution in [3.05, 3.63) is 40.0 Å². The molecule has 1 aromatic heterocycles.